The number of hydrogen-bond donors (Lipinski definition) is 2. The highest BCUT2D eigenvalue weighted by Gasteiger charge is 2.37. The van der Waals surface area contributed by atoms with Crippen molar-refractivity contribution in [2.75, 3.05) is 43.9 Å². The highest BCUT2D eigenvalue weighted by molar-refractivity contribution is 6.04. The van der Waals surface area contributed by atoms with Crippen LogP contribution in [0.2, 0.25) is 0 Å². The Balaban J connectivity index is 1.25. The number of fused-ring (bicyclic) bond motifs is 1. The number of carbonyl (C=O) groups is 1. The summed E-state index contributed by atoms with van der Waals surface area (Å²) in [6.07, 6.45) is 0.0428. The largest absolute Gasteiger partial charge is 0.416 e. The lowest BCUT2D eigenvalue weighted by Crippen LogP contribution is -2.50. The second-order valence-electron chi connectivity index (χ2n) is 11.2. The van der Waals surface area contributed by atoms with Crippen molar-refractivity contribution in [3.63, 3.8) is 0 Å². The third-order valence-corrected chi connectivity index (χ3v) is 7.83. The lowest BCUT2D eigenvalue weighted by atomic mass is 9.86. The van der Waals surface area contributed by atoms with E-state index < -0.39 is 17.6 Å². The maximum absolute atomic E-state index is 13.0. The van der Waals surface area contributed by atoms with Gasteiger partial charge in [0.1, 0.15) is 17.7 Å². The standard InChI is InChI=1S/C29H30F3N7O2/c1-28(15-41-16-28)14-38-10-2-3-20(13-38)23-12-22(25-26(33)35-17-36-39(23)25)18-4-6-19(7-5-18)27(40)37-24-11-21(8-9-34-24)29(30,31)32/h4-9,11-12,17,20H,2-3,10,13-16H2,1H3,(H2,33,35,36)(H,34,37,40). The van der Waals surface area contributed by atoms with Crippen LogP contribution >= 0.6 is 0 Å². The molecule has 2 aliphatic heterocycles. The SMILES string of the molecule is CC1(CN2CCCC(c3cc(-c4ccc(C(=O)Nc5cc(C(F)(F)F)ccn5)cc4)c4c(N)ncnn34)C2)COC1. The number of ether oxygens (including phenoxy) is 1. The number of halogens is 3. The highest BCUT2D eigenvalue weighted by Crippen LogP contribution is 2.37. The van der Waals surface area contributed by atoms with Gasteiger partial charge in [-0.3, -0.25) is 4.79 Å². The zero-order chi connectivity index (χ0) is 28.8. The predicted octanol–water partition coefficient (Wildman–Crippen LogP) is 4.86. The van der Waals surface area contributed by atoms with Gasteiger partial charge < -0.3 is 20.7 Å². The van der Waals surface area contributed by atoms with Crippen LogP contribution in [0, 0.1) is 5.41 Å². The summed E-state index contributed by atoms with van der Waals surface area (Å²) < 4.78 is 46.4. The van der Waals surface area contributed by atoms with Gasteiger partial charge in [0.05, 0.1) is 18.8 Å². The molecule has 3 N–H and O–H groups in total. The summed E-state index contributed by atoms with van der Waals surface area (Å²) in [5.41, 5.74) is 9.34. The van der Waals surface area contributed by atoms with E-state index in [-0.39, 0.29) is 22.7 Å². The zero-order valence-corrected chi connectivity index (χ0v) is 22.5. The van der Waals surface area contributed by atoms with Crippen molar-refractivity contribution in [1.29, 1.82) is 0 Å². The molecule has 12 heteroatoms. The maximum Gasteiger partial charge on any atom is 0.416 e. The summed E-state index contributed by atoms with van der Waals surface area (Å²) in [5, 5.41) is 6.98. The number of alkyl halides is 3. The van der Waals surface area contributed by atoms with E-state index in [2.05, 4.69) is 38.3 Å². The van der Waals surface area contributed by atoms with Crippen molar-refractivity contribution in [3.8, 4) is 11.1 Å². The van der Waals surface area contributed by atoms with E-state index in [9.17, 15) is 18.0 Å². The minimum atomic E-state index is -4.53. The highest BCUT2D eigenvalue weighted by atomic mass is 19.4. The molecular weight excluding hydrogens is 535 g/mol. The van der Waals surface area contributed by atoms with Gasteiger partial charge in [-0.1, -0.05) is 19.1 Å². The topological polar surface area (TPSA) is 111 Å². The van der Waals surface area contributed by atoms with Crippen LogP contribution in [0.25, 0.3) is 16.6 Å². The fourth-order valence-electron chi connectivity index (χ4n) is 5.79. The molecule has 1 amide bonds. The van der Waals surface area contributed by atoms with Gasteiger partial charge >= 0.3 is 6.18 Å². The average molecular weight is 566 g/mol. The van der Waals surface area contributed by atoms with E-state index in [1.54, 1.807) is 24.3 Å². The Hall–Kier alpha value is -4.03. The molecule has 0 spiro atoms. The van der Waals surface area contributed by atoms with Crippen molar-refractivity contribution < 1.29 is 22.7 Å². The fourth-order valence-corrected chi connectivity index (χ4v) is 5.79. The number of benzene rings is 1. The van der Waals surface area contributed by atoms with Gasteiger partial charge in [0, 0.05) is 47.4 Å². The molecule has 2 fully saturated rings. The second-order valence-corrected chi connectivity index (χ2v) is 11.2. The summed E-state index contributed by atoms with van der Waals surface area (Å²) in [7, 11) is 0. The van der Waals surface area contributed by atoms with E-state index in [0.29, 0.717) is 11.3 Å². The third kappa shape index (κ3) is 5.49. The Kier molecular flexibility index (Phi) is 6.90. The van der Waals surface area contributed by atoms with Gasteiger partial charge in [-0.25, -0.2) is 14.5 Å². The average Bonchev–Trinajstić information content (AvgIpc) is 3.33. The first-order chi connectivity index (χ1) is 19.6. The molecule has 4 aromatic rings. The third-order valence-electron chi connectivity index (χ3n) is 7.83. The smallest absolute Gasteiger partial charge is 0.382 e. The number of pyridine rings is 1. The van der Waals surface area contributed by atoms with Gasteiger partial charge in [0.25, 0.3) is 5.91 Å². The molecule has 0 aliphatic carbocycles. The van der Waals surface area contributed by atoms with E-state index in [0.717, 1.165) is 80.8 Å². The van der Waals surface area contributed by atoms with Gasteiger partial charge in [-0.05, 0) is 55.3 Å². The Morgan fingerprint density at radius 3 is 2.66 bits per heavy atom. The molecule has 2 aliphatic rings. The molecule has 2 saturated heterocycles. The van der Waals surface area contributed by atoms with Gasteiger partial charge in [0.2, 0.25) is 0 Å². The number of likely N-dealkylation sites (tertiary alicyclic amines) is 1. The molecule has 214 valence electrons. The van der Waals surface area contributed by atoms with E-state index >= 15 is 0 Å². The number of rotatable bonds is 6. The van der Waals surface area contributed by atoms with Crippen LogP contribution < -0.4 is 11.1 Å². The predicted molar refractivity (Wildman–Crippen MR) is 147 cm³/mol. The summed E-state index contributed by atoms with van der Waals surface area (Å²) >= 11 is 0. The van der Waals surface area contributed by atoms with Crippen molar-refractivity contribution in [2.24, 2.45) is 5.41 Å². The Bertz CT molecular complexity index is 1580. The molecule has 0 saturated carbocycles. The van der Waals surface area contributed by atoms with Crippen LogP contribution in [0.5, 0.6) is 0 Å². The van der Waals surface area contributed by atoms with Crippen LogP contribution in [-0.4, -0.2) is 63.2 Å². The van der Waals surface area contributed by atoms with Gasteiger partial charge in [-0.15, -0.1) is 0 Å². The minimum Gasteiger partial charge on any atom is -0.382 e. The molecule has 1 atom stereocenters. The molecule has 6 rings (SSSR count). The summed E-state index contributed by atoms with van der Waals surface area (Å²) in [6, 6.07) is 10.6. The second kappa shape index (κ2) is 10.4. The Morgan fingerprint density at radius 1 is 1.17 bits per heavy atom. The molecule has 0 bridgehead atoms. The number of piperidine rings is 1. The Labute approximate surface area is 234 Å². The fraction of sp³-hybridized carbons (Fsp3) is 0.379. The number of nitrogens with one attached hydrogen (secondary N) is 1. The zero-order valence-electron chi connectivity index (χ0n) is 22.5. The van der Waals surface area contributed by atoms with Crippen molar-refractivity contribution in [1.82, 2.24) is 24.5 Å². The van der Waals surface area contributed by atoms with E-state index in [4.69, 9.17) is 10.5 Å². The number of hydrogen-bond acceptors (Lipinski definition) is 7. The molecule has 3 aromatic heterocycles. The lowest BCUT2D eigenvalue weighted by molar-refractivity contribution is -0.137. The lowest BCUT2D eigenvalue weighted by Gasteiger charge is -2.44. The van der Waals surface area contributed by atoms with Gasteiger partial charge in [-0.2, -0.15) is 18.3 Å². The van der Waals surface area contributed by atoms with Gasteiger partial charge in [0.15, 0.2) is 5.82 Å². The maximum atomic E-state index is 13.0. The van der Waals surface area contributed by atoms with E-state index in [1.165, 1.54) is 6.33 Å². The van der Waals surface area contributed by atoms with E-state index in [1.807, 2.05) is 4.52 Å². The monoisotopic (exact) mass is 565 g/mol. The van der Waals surface area contributed by atoms with Crippen LogP contribution in [0.15, 0.2) is 55.0 Å². The van der Waals surface area contributed by atoms with Crippen molar-refractivity contribution >= 4 is 23.1 Å². The van der Waals surface area contributed by atoms with Crippen molar-refractivity contribution in [3.05, 3.63) is 71.8 Å². The number of amides is 1. The van der Waals surface area contributed by atoms with Crippen LogP contribution in [0.1, 0.15) is 47.3 Å². The van der Waals surface area contributed by atoms with Crippen LogP contribution in [-0.2, 0) is 10.9 Å². The normalized spacial score (nSPS) is 19.2. The first kappa shape index (κ1) is 27.2. The number of nitrogen functional groups attached to an aromatic ring is 1. The summed E-state index contributed by atoms with van der Waals surface area (Å²) in [5.74, 6) is -0.136. The summed E-state index contributed by atoms with van der Waals surface area (Å²) in [4.78, 5) is 23.3. The first-order valence-electron chi connectivity index (χ1n) is 13.5. The van der Waals surface area contributed by atoms with Crippen LogP contribution in [0.3, 0.4) is 0 Å². The summed E-state index contributed by atoms with van der Waals surface area (Å²) in [6.45, 7) is 6.81. The number of aromatic nitrogens is 4. The molecular formula is C29H30F3N7O2. The number of anilines is 2. The van der Waals surface area contributed by atoms with Crippen molar-refractivity contribution in [2.45, 2.75) is 31.9 Å². The number of carbonyl (C=O) groups excluding carboxylic acids is 1. The number of nitrogens with two attached hydrogens (primary N) is 1. The molecule has 41 heavy (non-hydrogen) atoms. The Morgan fingerprint density at radius 2 is 1.95 bits per heavy atom. The minimum absolute atomic E-state index is 0.178. The molecule has 1 aromatic carbocycles. The first-order valence-corrected chi connectivity index (χ1v) is 13.5. The number of nitrogens with zero attached hydrogens (tertiary/aromatic N) is 5. The molecule has 1 unspecified atom stereocenters. The van der Waals surface area contributed by atoms with Crippen LogP contribution in [0.4, 0.5) is 24.8 Å². The quantitative estimate of drug-likeness (QED) is 0.344. The molecule has 5 heterocycles. The molecule has 9 nitrogen and oxygen atoms in total. The molecule has 0 radical (unpaired) electrons.